The molecule has 0 spiro atoms. The third-order valence-electron chi connectivity index (χ3n) is 1.98. The minimum absolute atomic E-state index is 0.235. The van der Waals surface area contributed by atoms with Crippen LogP contribution in [0.25, 0.3) is 0 Å². The van der Waals surface area contributed by atoms with Crippen LogP contribution < -0.4 is 5.32 Å². The van der Waals surface area contributed by atoms with E-state index in [2.05, 4.69) is 30.0 Å². The summed E-state index contributed by atoms with van der Waals surface area (Å²) in [5, 5.41) is 3.20. The number of nitrogens with one attached hydrogen (secondary N) is 1. The fourth-order valence-electron chi connectivity index (χ4n) is 1.06. The van der Waals surface area contributed by atoms with E-state index in [9.17, 15) is 4.79 Å². The molecule has 0 amide bonds. The van der Waals surface area contributed by atoms with Crippen molar-refractivity contribution in [2.75, 3.05) is 20.2 Å². The molecule has 86 valence electrons. The van der Waals surface area contributed by atoms with Gasteiger partial charge in [0.15, 0.2) is 0 Å². The van der Waals surface area contributed by atoms with Gasteiger partial charge in [-0.25, -0.2) is 4.79 Å². The van der Waals surface area contributed by atoms with Gasteiger partial charge in [0.25, 0.3) is 0 Å². The highest BCUT2D eigenvalue weighted by Gasteiger charge is 2.04. The smallest absolute Gasteiger partial charge is 0.333 e. The molecule has 0 saturated carbocycles. The predicted octanol–water partition coefficient (Wildman–Crippen LogP) is 2.05. The summed E-state index contributed by atoms with van der Waals surface area (Å²) >= 11 is 0. The number of hydrogen-bond donors (Lipinski definition) is 1. The van der Waals surface area contributed by atoms with Gasteiger partial charge in [-0.15, -0.1) is 0 Å². The number of allylic oxidation sites excluding steroid dienone is 1. The largest absolute Gasteiger partial charge is 0.466 e. The minimum atomic E-state index is -0.235. The maximum absolute atomic E-state index is 11.2. The first-order valence-corrected chi connectivity index (χ1v) is 5.23. The first kappa shape index (κ1) is 13.9. The lowest BCUT2D eigenvalue weighted by atomic mass is 10.2. The van der Waals surface area contributed by atoms with E-state index in [4.69, 9.17) is 0 Å². The van der Waals surface area contributed by atoms with Gasteiger partial charge in [-0.05, 0) is 20.3 Å². The molecule has 0 aliphatic rings. The lowest BCUT2D eigenvalue weighted by molar-refractivity contribution is -0.136. The Morgan fingerprint density at radius 3 is 2.33 bits per heavy atom. The van der Waals surface area contributed by atoms with Crippen LogP contribution >= 0.6 is 0 Å². The number of hydrogen-bond acceptors (Lipinski definition) is 3. The maximum Gasteiger partial charge on any atom is 0.333 e. The molecule has 0 saturated heterocycles. The zero-order chi connectivity index (χ0) is 11.7. The number of carbonyl (C=O) groups excluding carboxylic acids is 1. The Balaban J connectivity index is 3.92. The molecule has 0 fully saturated rings. The first-order valence-electron chi connectivity index (χ1n) is 5.23. The lowest BCUT2D eigenvalue weighted by Gasteiger charge is -2.02. The molecular formula is C12H21NO2. The van der Waals surface area contributed by atoms with Gasteiger partial charge in [0.2, 0.25) is 0 Å². The van der Waals surface area contributed by atoms with Crippen molar-refractivity contribution in [2.24, 2.45) is 0 Å². The highest BCUT2D eigenvalue weighted by molar-refractivity contribution is 5.88. The Morgan fingerprint density at radius 1 is 1.27 bits per heavy atom. The molecule has 0 aliphatic carbocycles. The number of ether oxygens (including phenoxy) is 1. The van der Waals surface area contributed by atoms with Crippen LogP contribution in [0.4, 0.5) is 0 Å². The molecule has 0 heterocycles. The lowest BCUT2D eigenvalue weighted by Crippen LogP contribution is -2.15. The monoisotopic (exact) mass is 211 g/mol. The van der Waals surface area contributed by atoms with Crippen LogP contribution in [0.5, 0.6) is 0 Å². The van der Waals surface area contributed by atoms with Crippen LogP contribution in [0, 0.1) is 0 Å². The summed E-state index contributed by atoms with van der Waals surface area (Å²) in [6.45, 7) is 7.59. The molecular weight excluding hydrogens is 190 g/mol. The van der Waals surface area contributed by atoms with E-state index in [0.29, 0.717) is 13.0 Å². The average Bonchev–Trinajstić information content (AvgIpc) is 2.22. The van der Waals surface area contributed by atoms with Gasteiger partial charge in [0, 0.05) is 18.7 Å². The third-order valence-corrected chi connectivity index (χ3v) is 1.98. The second-order valence-electron chi connectivity index (χ2n) is 3.51. The topological polar surface area (TPSA) is 38.3 Å². The Labute approximate surface area is 92.2 Å². The minimum Gasteiger partial charge on any atom is -0.466 e. The van der Waals surface area contributed by atoms with Crippen molar-refractivity contribution in [3.8, 4) is 0 Å². The van der Waals surface area contributed by atoms with E-state index in [-0.39, 0.29) is 5.97 Å². The van der Waals surface area contributed by atoms with Gasteiger partial charge in [-0.1, -0.05) is 24.6 Å². The summed E-state index contributed by atoms with van der Waals surface area (Å²) in [4.78, 5) is 11.2. The summed E-state index contributed by atoms with van der Waals surface area (Å²) in [5.41, 5.74) is 2.01. The van der Waals surface area contributed by atoms with Gasteiger partial charge in [-0.3, -0.25) is 0 Å². The molecule has 15 heavy (non-hydrogen) atoms. The van der Waals surface area contributed by atoms with Gasteiger partial charge >= 0.3 is 5.97 Å². The highest BCUT2D eigenvalue weighted by Crippen LogP contribution is 2.01. The molecule has 0 aliphatic heterocycles. The maximum atomic E-state index is 11.2. The fraction of sp³-hybridized carbons (Fsp3) is 0.583. The number of esters is 1. The van der Waals surface area contributed by atoms with Crippen LogP contribution in [-0.2, 0) is 9.53 Å². The van der Waals surface area contributed by atoms with E-state index in [1.807, 2.05) is 13.0 Å². The van der Waals surface area contributed by atoms with Crippen LogP contribution in [-0.4, -0.2) is 26.2 Å². The summed E-state index contributed by atoms with van der Waals surface area (Å²) < 4.78 is 4.65. The second-order valence-corrected chi connectivity index (χ2v) is 3.51. The van der Waals surface area contributed by atoms with Gasteiger partial charge in [0.1, 0.15) is 0 Å². The average molecular weight is 211 g/mol. The van der Waals surface area contributed by atoms with Gasteiger partial charge in [0.05, 0.1) is 7.11 Å². The second kappa shape index (κ2) is 8.24. The van der Waals surface area contributed by atoms with Crippen molar-refractivity contribution in [3.63, 3.8) is 0 Å². The van der Waals surface area contributed by atoms with Gasteiger partial charge in [-0.2, -0.15) is 0 Å². The number of methoxy groups -OCH3 is 1. The summed E-state index contributed by atoms with van der Waals surface area (Å²) in [6.07, 6.45) is 4.69. The SMILES string of the molecule is CC/C(=C/CNCC=C(C)C)C(=O)OC. The Kier molecular flexibility index (Phi) is 7.64. The molecule has 0 unspecified atom stereocenters. The van der Waals surface area contributed by atoms with E-state index < -0.39 is 0 Å². The molecule has 0 radical (unpaired) electrons. The fourth-order valence-corrected chi connectivity index (χ4v) is 1.06. The van der Waals surface area contributed by atoms with Crippen molar-refractivity contribution in [2.45, 2.75) is 27.2 Å². The van der Waals surface area contributed by atoms with Crippen LogP contribution in [0.3, 0.4) is 0 Å². The Morgan fingerprint density at radius 2 is 1.87 bits per heavy atom. The quantitative estimate of drug-likeness (QED) is 0.316. The summed E-state index contributed by atoms with van der Waals surface area (Å²) in [6, 6.07) is 0. The molecule has 0 atom stereocenters. The molecule has 0 aromatic rings. The number of rotatable bonds is 6. The van der Waals surface area contributed by atoms with E-state index in [1.54, 1.807) is 0 Å². The molecule has 0 aromatic heterocycles. The Hall–Kier alpha value is -1.09. The van der Waals surface area contributed by atoms with Crippen molar-refractivity contribution >= 4 is 5.97 Å². The van der Waals surface area contributed by atoms with Crippen LogP contribution in [0.15, 0.2) is 23.3 Å². The molecule has 0 bridgehead atoms. The van der Waals surface area contributed by atoms with Crippen molar-refractivity contribution in [1.82, 2.24) is 5.32 Å². The standard InChI is InChI=1S/C12H21NO2/c1-5-11(12(14)15-4)7-9-13-8-6-10(2)3/h6-7,13H,5,8-9H2,1-4H3/b11-7-. The molecule has 1 N–H and O–H groups in total. The summed E-state index contributed by atoms with van der Waals surface area (Å²) in [7, 11) is 1.41. The predicted molar refractivity (Wildman–Crippen MR) is 62.7 cm³/mol. The third kappa shape index (κ3) is 6.91. The Bertz CT molecular complexity index is 250. The highest BCUT2D eigenvalue weighted by atomic mass is 16.5. The number of carbonyl (C=O) groups is 1. The van der Waals surface area contributed by atoms with Crippen molar-refractivity contribution in [3.05, 3.63) is 23.3 Å². The molecule has 0 aromatic carbocycles. The molecule has 3 heteroatoms. The zero-order valence-corrected chi connectivity index (χ0v) is 10.1. The van der Waals surface area contributed by atoms with Crippen LogP contribution in [0.1, 0.15) is 27.2 Å². The zero-order valence-electron chi connectivity index (χ0n) is 10.1. The van der Waals surface area contributed by atoms with E-state index in [1.165, 1.54) is 12.7 Å². The van der Waals surface area contributed by atoms with Crippen molar-refractivity contribution in [1.29, 1.82) is 0 Å². The van der Waals surface area contributed by atoms with E-state index >= 15 is 0 Å². The normalized spacial score (nSPS) is 11.1. The molecule has 0 rings (SSSR count). The van der Waals surface area contributed by atoms with E-state index in [0.717, 1.165) is 12.1 Å². The van der Waals surface area contributed by atoms with Crippen LogP contribution in [0.2, 0.25) is 0 Å². The van der Waals surface area contributed by atoms with Crippen molar-refractivity contribution < 1.29 is 9.53 Å². The first-order chi connectivity index (χ1) is 7.11. The van der Waals surface area contributed by atoms with Gasteiger partial charge < -0.3 is 10.1 Å². The molecule has 3 nitrogen and oxygen atoms in total. The summed E-state index contributed by atoms with van der Waals surface area (Å²) in [5.74, 6) is -0.235.